The van der Waals surface area contributed by atoms with Gasteiger partial charge in [0, 0.05) is 7.11 Å². The summed E-state index contributed by atoms with van der Waals surface area (Å²) in [6.45, 7) is 4.34. The van der Waals surface area contributed by atoms with Crippen molar-refractivity contribution in [3.8, 4) is 0 Å². The first-order valence-electron chi connectivity index (χ1n) is 5.40. The highest BCUT2D eigenvalue weighted by Crippen LogP contribution is 2.52. The van der Waals surface area contributed by atoms with Gasteiger partial charge >= 0.3 is 18.0 Å². The minimum atomic E-state index is -5.73. The van der Waals surface area contributed by atoms with E-state index in [1.165, 1.54) is 0 Å². The van der Waals surface area contributed by atoms with Crippen LogP contribution in [0.25, 0.3) is 0 Å². The molecule has 0 radical (unpaired) electrons. The lowest BCUT2D eigenvalue weighted by Gasteiger charge is -2.41. The fourth-order valence-electron chi connectivity index (χ4n) is 1.14. The number of methoxy groups -OCH3 is 1. The summed E-state index contributed by atoms with van der Waals surface area (Å²) in [5.74, 6) is -10.9. The van der Waals surface area contributed by atoms with Crippen molar-refractivity contribution in [3.05, 3.63) is 0 Å². The van der Waals surface area contributed by atoms with Crippen LogP contribution in [-0.4, -0.2) is 36.3 Å². The molecule has 0 heterocycles. The van der Waals surface area contributed by atoms with E-state index in [2.05, 4.69) is 9.47 Å². The maximum absolute atomic E-state index is 13.6. The Morgan fingerprint density at radius 2 is 1.05 bits per heavy atom. The molecule has 19 heavy (non-hydrogen) atoms. The molecule has 0 saturated heterocycles. The number of hydrogen-bond donors (Lipinski definition) is 0. The third kappa shape index (κ3) is 3.34. The highest BCUT2D eigenvalue weighted by Gasteiger charge is 2.78. The first-order valence-corrected chi connectivity index (χ1v) is 5.40. The maximum Gasteiger partial charge on any atom is 0.426 e. The van der Waals surface area contributed by atoms with Gasteiger partial charge in [0.2, 0.25) is 0 Å². The van der Waals surface area contributed by atoms with E-state index in [0.717, 1.165) is 27.9 Å². The molecule has 0 saturated carbocycles. The Kier molecular flexibility index (Phi) is 4.68. The summed E-state index contributed by atoms with van der Waals surface area (Å²) >= 11 is 0. The molecule has 0 aromatic rings. The second-order valence-electron chi connectivity index (χ2n) is 5.59. The average Bonchev–Trinajstić information content (AvgIpc) is 2.12. The fraction of sp³-hybridized carbons (Fsp3) is 1.00. The van der Waals surface area contributed by atoms with Gasteiger partial charge in [0.15, 0.2) is 0 Å². The predicted molar refractivity (Wildman–Crippen MR) is 56.8 cm³/mol. The Morgan fingerprint density at radius 1 is 0.684 bits per heavy atom. The van der Waals surface area contributed by atoms with Crippen LogP contribution in [0.1, 0.15) is 34.6 Å². The lowest BCUT2D eigenvalue weighted by Crippen LogP contribution is -2.65. The highest BCUT2D eigenvalue weighted by atomic mass is 19.3. The fourth-order valence-corrected chi connectivity index (χ4v) is 1.14. The van der Waals surface area contributed by atoms with Crippen molar-refractivity contribution in [2.75, 3.05) is 7.11 Å². The quantitative estimate of drug-likeness (QED) is 0.711. The average molecular weight is 296 g/mol. The van der Waals surface area contributed by atoms with Crippen molar-refractivity contribution >= 4 is 0 Å². The Bertz CT molecular complexity index is 320. The van der Waals surface area contributed by atoms with Crippen LogP contribution in [0, 0.1) is 0 Å². The number of alkyl halides is 6. The monoisotopic (exact) mass is 296 g/mol. The molecule has 0 atom stereocenters. The molecule has 0 aromatic carbocycles. The van der Waals surface area contributed by atoms with Gasteiger partial charge in [-0.05, 0) is 34.6 Å². The van der Waals surface area contributed by atoms with Gasteiger partial charge in [-0.25, -0.2) is 0 Å². The van der Waals surface area contributed by atoms with Crippen LogP contribution in [0.4, 0.5) is 26.3 Å². The van der Waals surface area contributed by atoms with Gasteiger partial charge in [0.05, 0.1) is 5.60 Å². The zero-order chi connectivity index (χ0) is 15.9. The van der Waals surface area contributed by atoms with Crippen LogP contribution < -0.4 is 0 Å². The minimum Gasteiger partial charge on any atom is -0.372 e. The smallest absolute Gasteiger partial charge is 0.372 e. The molecule has 0 rings (SSSR count). The van der Waals surface area contributed by atoms with E-state index in [1.54, 1.807) is 0 Å². The van der Waals surface area contributed by atoms with E-state index in [9.17, 15) is 26.3 Å². The lowest BCUT2D eigenvalue weighted by atomic mass is 9.93. The van der Waals surface area contributed by atoms with E-state index in [0.29, 0.717) is 13.8 Å². The van der Waals surface area contributed by atoms with Crippen LogP contribution in [0.5, 0.6) is 0 Å². The molecule has 0 N–H and O–H groups in total. The minimum absolute atomic E-state index is 0.591. The molecule has 0 unspecified atom stereocenters. The molecule has 0 amide bonds. The van der Waals surface area contributed by atoms with E-state index < -0.39 is 29.2 Å². The third-order valence-electron chi connectivity index (χ3n) is 2.46. The molecule has 0 spiro atoms. The van der Waals surface area contributed by atoms with Crippen molar-refractivity contribution in [1.29, 1.82) is 0 Å². The zero-order valence-electron chi connectivity index (χ0n) is 11.6. The Balaban J connectivity index is 5.59. The summed E-state index contributed by atoms with van der Waals surface area (Å²) < 4.78 is 88.9. The first kappa shape index (κ1) is 18.5. The molecule has 2 nitrogen and oxygen atoms in total. The third-order valence-corrected chi connectivity index (χ3v) is 2.46. The number of rotatable bonds is 5. The molecule has 0 aromatic heterocycles. The van der Waals surface area contributed by atoms with Crippen LogP contribution in [0.3, 0.4) is 0 Å². The molecular weight excluding hydrogens is 278 g/mol. The van der Waals surface area contributed by atoms with Crippen LogP contribution >= 0.6 is 0 Å². The van der Waals surface area contributed by atoms with E-state index in [-0.39, 0.29) is 0 Å². The topological polar surface area (TPSA) is 18.5 Å². The summed E-state index contributed by atoms with van der Waals surface area (Å²) in [6.07, 6.45) is -5.34. The SMILES string of the molecule is COC(C)(C)C(F)(F)C(F)(F)C(F)(F)OC(C)(C)C. The van der Waals surface area contributed by atoms with Crippen LogP contribution in [0.15, 0.2) is 0 Å². The molecule has 116 valence electrons. The largest absolute Gasteiger partial charge is 0.426 e. The van der Waals surface area contributed by atoms with Crippen LogP contribution in [0.2, 0.25) is 0 Å². The summed E-state index contributed by atoms with van der Waals surface area (Å²) in [5, 5.41) is 0. The normalized spacial score (nSPS) is 15.8. The molecule has 0 aliphatic heterocycles. The number of halogens is 6. The standard InChI is InChI=1S/C11H18F6O2/c1-7(2,3)19-11(16,17)10(14,15)9(12,13)8(4,5)18-6/h1-6H3. The van der Waals surface area contributed by atoms with E-state index >= 15 is 0 Å². The molecule has 0 bridgehead atoms. The molecule has 0 fully saturated rings. The van der Waals surface area contributed by atoms with Gasteiger partial charge in [0.25, 0.3) is 0 Å². The lowest BCUT2D eigenvalue weighted by molar-refractivity contribution is -0.434. The van der Waals surface area contributed by atoms with Gasteiger partial charge in [-0.3, -0.25) is 0 Å². The van der Waals surface area contributed by atoms with Crippen molar-refractivity contribution in [1.82, 2.24) is 0 Å². The molecule has 0 aliphatic rings. The number of hydrogen-bond acceptors (Lipinski definition) is 2. The van der Waals surface area contributed by atoms with Crippen molar-refractivity contribution in [2.45, 2.75) is 63.8 Å². The summed E-state index contributed by atoms with van der Waals surface area (Å²) in [5.41, 5.74) is -4.51. The second-order valence-corrected chi connectivity index (χ2v) is 5.59. The van der Waals surface area contributed by atoms with Crippen LogP contribution in [-0.2, 0) is 9.47 Å². The Morgan fingerprint density at radius 3 is 1.32 bits per heavy atom. The summed E-state index contributed by atoms with van der Waals surface area (Å²) in [6, 6.07) is 0. The van der Waals surface area contributed by atoms with E-state index in [1.807, 2.05) is 0 Å². The molecular formula is C11H18F6O2. The summed E-state index contributed by atoms with van der Waals surface area (Å²) in [4.78, 5) is 0. The Labute approximate surface area is 108 Å². The van der Waals surface area contributed by atoms with Crippen molar-refractivity contribution in [2.24, 2.45) is 0 Å². The maximum atomic E-state index is 13.6. The molecule has 0 aliphatic carbocycles. The van der Waals surface area contributed by atoms with Crippen molar-refractivity contribution < 1.29 is 35.8 Å². The highest BCUT2D eigenvalue weighted by molar-refractivity contribution is 5.02. The van der Waals surface area contributed by atoms with Gasteiger partial charge < -0.3 is 9.47 Å². The van der Waals surface area contributed by atoms with Gasteiger partial charge in [-0.2, -0.15) is 26.3 Å². The second kappa shape index (κ2) is 4.80. The Hall–Kier alpha value is -0.500. The molecule has 8 heteroatoms. The summed E-state index contributed by atoms with van der Waals surface area (Å²) in [7, 11) is 0.729. The van der Waals surface area contributed by atoms with Crippen molar-refractivity contribution in [3.63, 3.8) is 0 Å². The predicted octanol–water partition coefficient (Wildman–Crippen LogP) is 4.09. The zero-order valence-corrected chi connectivity index (χ0v) is 11.6. The van der Waals surface area contributed by atoms with Gasteiger partial charge in [0.1, 0.15) is 5.60 Å². The van der Waals surface area contributed by atoms with Gasteiger partial charge in [-0.15, -0.1) is 0 Å². The first-order chi connectivity index (χ1) is 8.02. The van der Waals surface area contributed by atoms with E-state index in [4.69, 9.17) is 0 Å². The number of ether oxygens (including phenoxy) is 2. The van der Waals surface area contributed by atoms with Gasteiger partial charge in [-0.1, -0.05) is 0 Å².